The minimum absolute atomic E-state index is 0.0798. The van der Waals surface area contributed by atoms with Gasteiger partial charge in [0.05, 0.1) is 5.69 Å². The van der Waals surface area contributed by atoms with Gasteiger partial charge in [-0.2, -0.15) is 0 Å². The fraction of sp³-hybridized carbons (Fsp3) is 0.194. The van der Waals surface area contributed by atoms with Gasteiger partial charge in [-0.15, -0.1) is 0 Å². The fourth-order valence-electron chi connectivity index (χ4n) is 4.65. The number of benzene rings is 3. The summed E-state index contributed by atoms with van der Waals surface area (Å²) < 4.78 is 2.11. The highest BCUT2D eigenvalue weighted by Gasteiger charge is 2.37. The molecule has 1 N–H and O–H groups in total. The van der Waals surface area contributed by atoms with Crippen molar-refractivity contribution in [3.8, 4) is 0 Å². The first-order chi connectivity index (χ1) is 17.9. The van der Waals surface area contributed by atoms with Crippen LogP contribution in [0.3, 0.4) is 0 Å². The number of aryl methyl sites for hydroxylation is 1. The zero-order valence-corrected chi connectivity index (χ0v) is 21.2. The highest BCUT2D eigenvalue weighted by molar-refractivity contribution is 6.39. The number of fused-ring (bicyclic) bond motifs is 1. The van der Waals surface area contributed by atoms with Crippen LogP contribution in [0.1, 0.15) is 48.4 Å². The summed E-state index contributed by atoms with van der Waals surface area (Å²) in [7, 11) is 0. The number of urea groups is 1. The van der Waals surface area contributed by atoms with E-state index in [1.54, 1.807) is 18.2 Å². The van der Waals surface area contributed by atoms with Gasteiger partial charge in [-0.25, -0.2) is 9.69 Å². The Labute approximate surface area is 216 Å². The first-order valence-corrected chi connectivity index (χ1v) is 12.5. The number of imide groups is 2. The minimum atomic E-state index is -0.745. The predicted molar refractivity (Wildman–Crippen MR) is 146 cm³/mol. The van der Waals surface area contributed by atoms with Crippen LogP contribution in [0, 0.1) is 6.92 Å². The molecule has 0 bridgehead atoms. The summed E-state index contributed by atoms with van der Waals surface area (Å²) in [5.41, 5.74) is 5.55. The maximum atomic E-state index is 13.5. The highest BCUT2D eigenvalue weighted by atomic mass is 16.2. The zero-order valence-electron chi connectivity index (χ0n) is 21.2. The number of hydrogen-bond acceptors (Lipinski definition) is 3. The van der Waals surface area contributed by atoms with Crippen molar-refractivity contribution in [3.63, 3.8) is 0 Å². The molecule has 186 valence electrons. The number of para-hydroxylation sites is 1. The Balaban J connectivity index is 1.51. The minimum Gasteiger partial charge on any atom is -0.342 e. The van der Waals surface area contributed by atoms with Crippen LogP contribution in [-0.4, -0.2) is 22.4 Å². The van der Waals surface area contributed by atoms with Crippen molar-refractivity contribution in [2.75, 3.05) is 4.90 Å². The van der Waals surface area contributed by atoms with E-state index in [-0.39, 0.29) is 5.57 Å². The van der Waals surface area contributed by atoms with Crippen LogP contribution < -0.4 is 10.2 Å². The van der Waals surface area contributed by atoms with Gasteiger partial charge in [-0.1, -0.05) is 74.0 Å². The third kappa shape index (κ3) is 4.70. The Hall–Kier alpha value is -4.45. The first-order valence-electron chi connectivity index (χ1n) is 12.5. The van der Waals surface area contributed by atoms with Crippen LogP contribution >= 0.6 is 0 Å². The molecule has 3 aromatic carbocycles. The number of hydrogen-bond donors (Lipinski definition) is 1. The van der Waals surface area contributed by atoms with E-state index in [0.717, 1.165) is 38.9 Å². The van der Waals surface area contributed by atoms with E-state index in [1.165, 1.54) is 5.56 Å². The van der Waals surface area contributed by atoms with Crippen molar-refractivity contribution in [1.82, 2.24) is 9.88 Å². The van der Waals surface area contributed by atoms with E-state index >= 15 is 0 Å². The summed E-state index contributed by atoms with van der Waals surface area (Å²) in [6.07, 6.45) is 4.51. The monoisotopic (exact) mass is 491 g/mol. The van der Waals surface area contributed by atoms with Crippen molar-refractivity contribution < 1.29 is 14.4 Å². The summed E-state index contributed by atoms with van der Waals surface area (Å²) in [6, 6.07) is 22.8. The Morgan fingerprint density at radius 1 is 0.919 bits per heavy atom. The molecule has 2 heterocycles. The zero-order chi connectivity index (χ0) is 26.1. The predicted octanol–water partition coefficient (Wildman–Crippen LogP) is 6.18. The topological polar surface area (TPSA) is 71.4 Å². The number of barbiturate groups is 1. The van der Waals surface area contributed by atoms with E-state index in [9.17, 15) is 14.4 Å². The van der Waals surface area contributed by atoms with E-state index in [4.69, 9.17) is 0 Å². The number of rotatable bonds is 6. The molecule has 0 aliphatic carbocycles. The molecule has 1 saturated heterocycles. The van der Waals surface area contributed by atoms with Gasteiger partial charge in [0.2, 0.25) is 0 Å². The van der Waals surface area contributed by atoms with Crippen molar-refractivity contribution in [2.24, 2.45) is 0 Å². The summed E-state index contributed by atoms with van der Waals surface area (Å²) in [5.74, 6) is -0.965. The molecule has 0 saturated carbocycles. The van der Waals surface area contributed by atoms with E-state index in [2.05, 4.69) is 54.9 Å². The molecule has 6 heteroatoms. The molecular weight excluding hydrogens is 462 g/mol. The Morgan fingerprint density at radius 3 is 2.32 bits per heavy atom. The number of amides is 4. The second-order valence-corrected chi connectivity index (χ2v) is 9.57. The van der Waals surface area contributed by atoms with Crippen LogP contribution in [0.15, 0.2) is 84.6 Å². The first kappa shape index (κ1) is 24.3. The number of aromatic nitrogens is 1. The quantitative estimate of drug-likeness (QED) is 0.259. The van der Waals surface area contributed by atoms with Gasteiger partial charge in [-0.05, 0) is 54.7 Å². The van der Waals surface area contributed by atoms with Gasteiger partial charge in [0, 0.05) is 29.2 Å². The third-order valence-corrected chi connectivity index (χ3v) is 7.03. The smallest absolute Gasteiger partial charge is 0.335 e. The molecule has 4 aromatic rings. The van der Waals surface area contributed by atoms with Gasteiger partial charge >= 0.3 is 6.03 Å². The largest absolute Gasteiger partial charge is 0.342 e. The Morgan fingerprint density at radius 2 is 1.62 bits per heavy atom. The Bertz CT molecular complexity index is 1530. The summed E-state index contributed by atoms with van der Waals surface area (Å²) in [4.78, 5) is 40.0. The molecular formula is C31H29N3O3. The fourth-order valence-corrected chi connectivity index (χ4v) is 4.65. The van der Waals surface area contributed by atoms with Crippen molar-refractivity contribution in [1.29, 1.82) is 0 Å². The van der Waals surface area contributed by atoms with E-state index in [1.807, 2.05) is 42.6 Å². The Kier molecular flexibility index (Phi) is 6.49. The summed E-state index contributed by atoms with van der Waals surface area (Å²) in [5, 5.41) is 3.25. The van der Waals surface area contributed by atoms with Crippen LogP contribution in [-0.2, 0) is 16.1 Å². The van der Waals surface area contributed by atoms with Gasteiger partial charge < -0.3 is 4.57 Å². The maximum Gasteiger partial charge on any atom is 0.335 e. The van der Waals surface area contributed by atoms with Gasteiger partial charge in [0.25, 0.3) is 11.8 Å². The third-order valence-electron chi connectivity index (χ3n) is 7.03. The number of nitrogens with one attached hydrogen (secondary N) is 1. The molecule has 37 heavy (non-hydrogen) atoms. The van der Waals surface area contributed by atoms with Crippen molar-refractivity contribution in [2.45, 2.75) is 39.7 Å². The molecule has 0 unspecified atom stereocenters. The average Bonchev–Trinajstić information content (AvgIpc) is 3.24. The molecule has 1 fully saturated rings. The second-order valence-electron chi connectivity index (χ2n) is 9.57. The van der Waals surface area contributed by atoms with Gasteiger partial charge in [0.1, 0.15) is 5.57 Å². The van der Waals surface area contributed by atoms with Crippen molar-refractivity contribution >= 4 is 40.5 Å². The summed E-state index contributed by atoms with van der Waals surface area (Å²) in [6.45, 7) is 6.94. The lowest BCUT2D eigenvalue weighted by atomic mass is 9.98. The number of nitrogens with zero attached hydrogens (tertiary/aromatic N) is 2. The highest BCUT2D eigenvalue weighted by Crippen LogP contribution is 2.28. The van der Waals surface area contributed by atoms with Crippen molar-refractivity contribution in [3.05, 3.63) is 107 Å². The van der Waals surface area contributed by atoms with Gasteiger partial charge in [-0.3, -0.25) is 14.9 Å². The summed E-state index contributed by atoms with van der Waals surface area (Å²) >= 11 is 0. The molecule has 1 aliphatic heterocycles. The lowest BCUT2D eigenvalue weighted by Gasteiger charge is -2.26. The molecule has 4 amide bonds. The molecule has 0 radical (unpaired) electrons. The average molecular weight is 492 g/mol. The molecule has 0 spiro atoms. The lowest BCUT2D eigenvalue weighted by molar-refractivity contribution is -0.122. The molecule has 1 atom stereocenters. The van der Waals surface area contributed by atoms with E-state index in [0.29, 0.717) is 18.2 Å². The molecule has 6 nitrogen and oxygen atoms in total. The number of anilines is 1. The number of carbonyl (C=O) groups is 3. The van der Waals surface area contributed by atoms with Gasteiger partial charge in [0.15, 0.2) is 0 Å². The van der Waals surface area contributed by atoms with Crippen LogP contribution in [0.25, 0.3) is 17.0 Å². The van der Waals surface area contributed by atoms with Crippen LogP contribution in [0.5, 0.6) is 0 Å². The molecule has 1 aliphatic rings. The maximum absolute atomic E-state index is 13.5. The van der Waals surface area contributed by atoms with E-state index < -0.39 is 17.8 Å². The normalized spacial score (nSPS) is 15.9. The lowest BCUT2D eigenvalue weighted by Crippen LogP contribution is -2.54. The molecule has 1 aromatic heterocycles. The molecule has 5 rings (SSSR count). The van der Waals surface area contributed by atoms with Crippen LogP contribution in [0.4, 0.5) is 10.5 Å². The SMILES string of the molecule is CC[C@H](C)c1ccc(N2C(=O)NC(=O)/C(=C/c3cn(Cc4ccc(C)cc4)c4ccccc34)C2=O)cc1. The van der Waals surface area contributed by atoms with Crippen LogP contribution in [0.2, 0.25) is 0 Å². The number of carbonyl (C=O) groups excluding carboxylic acids is 3. The standard InChI is InChI=1S/C31H29N3O3/c1-4-21(3)23-13-15-25(16-14-23)34-30(36)27(29(35)32-31(34)37)17-24-19-33(28-8-6-5-7-26(24)28)18-22-11-9-20(2)10-12-22/h5-17,19,21H,4,18H2,1-3H3,(H,32,35,37)/b27-17-/t21-/m0/s1. The second kappa shape index (κ2) is 9.90.